The molecule has 0 aromatic rings. The average molecular weight is 232 g/mol. The van der Waals surface area contributed by atoms with Crippen molar-refractivity contribution in [1.82, 2.24) is 0 Å². The Morgan fingerprint density at radius 3 is 2.88 bits per heavy atom. The van der Waals surface area contributed by atoms with E-state index in [0.29, 0.717) is 17.8 Å². The third-order valence-electron chi connectivity index (χ3n) is 4.84. The Morgan fingerprint density at radius 1 is 1.41 bits per heavy atom. The summed E-state index contributed by atoms with van der Waals surface area (Å²) in [6.07, 6.45) is 4.27. The molecule has 0 saturated heterocycles. The molecular weight excluding hydrogens is 212 g/mol. The van der Waals surface area contributed by atoms with Gasteiger partial charge in [0.1, 0.15) is 6.10 Å². The van der Waals surface area contributed by atoms with Crippen LogP contribution in [0.4, 0.5) is 0 Å². The van der Waals surface area contributed by atoms with Gasteiger partial charge in [-0.15, -0.1) is 0 Å². The molecule has 0 spiro atoms. The lowest BCUT2D eigenvalue weighted by Gasteiger charge is -2.21. The molecule has 1 fully saturated rings. The zero-order valence-electron chi connectivity index (χ0n) is 10.7. The van der Waals surface area contributed by atoms with Crippen LogP contribution >= 0.6 is 0 Å². The van der Waals surface area contributed by atoms with Crippen LogP contribution < -0.4 is 0 Å². The van der Waals surface area contributed by atoms with E-state index in [-0.39, 0.29) is 12.1 Å². The second kappa shape index (κ2) is 3.72. The minimum atomic E-state index is -0.0377. The van der Waals surface area contributed by atoms with E-state index in [1.165, 1.54) is 17.6 Å². The lowest BCUT2D eigenvalue weighted by Crippen LogP contribution is -2.12. The third kappa shape index (κ3) is 1.57. The molecule has 0 amide bonds. The predicted molar refractivity (Wildman–Crippen MR) is 66.3 cm³/mol. The van der Waals surface area contributed by atoms with Crippen LogP contribution in [0.2, 0.25) is 0 Å². The SMILES string of the molecule is C=C(C)C1CCC2=C3C(CC(C)C3C1)OC2=O. The molecule has 3 rings (SSSR count). The minimum Gasteiger partial charge on any atom is -0.454 e. The van der Waals surface area contributed by atoms with Gasteiger partial charge in [-0.05, 0) is 55.9 Å². The Bertz CT molecular complexity index is 419. The van der Waals surface area contributed by atoms with Gasteiger partial charge in [0.2, 0.25) is 0 Å². The Balaban J connectivity index is 1.97. The highest BCUT2D eigenvalue weighted by Crippen LogP contribution is 2.50. The van der Waals surface area contributed by atoms with Crippen LogP contribution in [-0.2, 0) is 9.53 Å². The Hall–Kier alpha value is -1.05. The Labute approximate surface area is 103 Å². The largest absolute Gasteiger partial charge is 0.454 e. The first-order valence-corrected chi connectivity index (χ1v) is 6.67. The molecule has 17 heavy (non-hydrogen) atoms. The van der Waals surface area contributed by atoms with E-state index in [4.69, 9.17) is 4.74 Å². The molecule has 2 aliphatic carbocycles. The highest BCUT2D eigenvalue weighted by molar-refractivity contribution is 5.92. The maximum absolute atomic E-state index is 11.8. The van der Waals surface area contributed by atoms with Crippen LogP contribution in [0.15, 0.2) is 23.3 Å². The monoisotopic (exact) mass is 232 g/mol. The number of carbonyl (C=O) groups excluding carboxylic acids is 1. The molecule has 4 atom stereocenters. The first-order valence-electron chi connectivity index (χ1n) is 6.67. The number of hydrogen-bond acceptors (Lipinski definition) is 2. The van der Waals surface area contributed by atoms with E-state index in [1.54, 1.807) is 0 Å². The van der Waals surface area contributed by atoms with Gasteiger partial charge < -0.3 is 4.74 Å². The zero-order valence-corrected chi connectivity index (χ0v) is 10.7. The molecule has 0 bridgehead atoms. The molecule has 4 unspecified atom stereocenters. The van der Waals surface area contributed by atoms with Crippen molar-refractivity contribution in [3.05, 3.63) is 23.3 Å². The minimum absolute atomic E-state index is 0.0377. The van der Waals surface area contributed by atoms with Gasteiger partial charge in [-0.3, -0.25) is 0 Å². The van der Waals surface area contributed by atoms with Crippen molar-refractivity contribution < 1.29 is 9.53 Å². The average Bonchev–Trinajstić information content (AvgIpc) is 2.62. The third-order valence-corrected chi connectivity index (χ3v) is 4.84. The van der Waals surface area contributed by atoms with E-state index in [0.717, 1.165) is 24.8 Å². The smallest absolute Gasteiger partial charge is 0.334 e. The summed E-state index contributed by atoms with van der Waals surface area (Å²) in [5.41, 5.74) is 3.63. The van der Waals surface area contributed by atoms with Crippen molar-refractivity contribution >= 4 is 5.97 Å². The fraction of sp³-hybridized carbons (Fsp3) is 0.667. The van der Waals surface area contributed by atoms with Crippen molar-refractivity contribution in [2.45, 2.75) is 45.6 Å². The van der Waals surface area contributed by atoms with Gasteiger partial charge in [0.05, 0.1) is 0 Å². The van der Waals surface area contributed by atoms with Gasteiger partial charge in [0.15, 0.2) is 0 Å². The first kappa shape index (κ1) is 11.1. The molecule has 1 aliphatic heterocycles. The first-order chi connectivity index (χ1) is 8.08. The van der Waals surface area contributed by atoms with Gasteiger partial charge in [0, 0.05) is 5.57 Å². The van der Waals surface area contributed by atoms with E-state index in [9.17, 15) is 4.79 Å². The summed E-state index contributed by atoms with van der Waals surface area (Å²) >= 11 is 0. The summed E-state index contributed by atoms with van der Waals surface area (Å²) < 4.78 is 5.49. The highest BCUT2D eigenvalue weighted by Gasteiger charge is 2.47. The van der Waals surface area contributed by atoms with E-state index in [2.05, 4.69) is 20.4 Å². The van der Waals surface area contributed by atoms with Crippen molar-refractivity contribution in [2.75, 3.05) is 0 Å². The summed E-state index contributed by atoms with van der Waals surface area (Å²) in [7, 11) is 0. The van der Waals surface area contributed by atoms with E-state index in [1.807, 2.05) is 0 Å². The molecule has 92 valence electrons. The number of ether oxygens (including phenoxy) is 1. The topological polar surface area (TPSA) is 26.3 Å². The fourth-order valence-corrected chi connectivity index (χ4v) is 3.82. The van der Waals surface area contributed by atoms with Crippen LogP contribution in [-0.4, -0.2) is 12.1 Å². The van der Waals surface area contributed by atoms with Crippen LogP contribution in [0.5, 0.6) is 0 Å². The lowest BCUT2D eigenvalue weighted by molar-refractivity contribution is -0.140. The maximum atomic E-state index is 11.8. The lowest BCUT2D eigenvalue weighted by atomic mass is 9.83. The van der Waals surface area contributed by atoms with E-state index < -0.39 is 0 Å². The van der Waals surface area contributed by atoms with Gasteiger partial charge in [-0.1, -0.05) is 19.1 Å². The second-order valence-corrected chi connectivity index (χ2v) is 5.96. The quantitative estimate of drug-likeness (QED) is 0.512. The highest BCUT2D eigenvalue weighted by atomic mass is 16.5. The van der Waals surface area contributed by atoms with Gasteiger partial charge >= 0.3 is 5.97 Å². The van der Waals surface area contributed by atoms with E-state index >= 15 is 0 Å². The van der Waals surface area contributed by atoms with Crippen molar-refractivity contribution in [3.63, 3.8) is 0 Å². The zero-order chi connectivity index (χ0) is 12.2. The number of rotatable bonds is 1. The normalized spacial score (nSPS) is 40.0. The molecule has 0 aromatic carbocycles. The molecule has 0 aromatic heterocycles. The maximum Gasteiger partial charge on any atom is 0.334 e. The summed E-state index contributed by atoms with van der Waals surface area (Å²) in [5.74, 6) is 1.76. The fourth-order valence-electron chi connectivity index (χ4n) is 3.82. The molecule has 1 heterocycles. The number of carbonyl (C=O) groups is 1. The van der Waals surface area contributed by atoms with Crippen molar-refractivity contribution in [1.29, 1.82) is 0 Å². The second-order valence-electron chi connectivity index (χ2n) is 5.96. The molecule has 2 heteroatoms. The van der Waals surface area contributed by atoms with Crippen molar-refractivity contribution in [3.8, 4) is 0 Å². The number of esters is 1. The summed E-state index contributed by atoms with van der Waals surface area (Å²) in [5, 5.41) is 0. The summed E-state index contributed by atoms with van der Waals surface area (Å²) in [4.78, 5) is 11.8. The molecule has 2 nitrogen and oxygen atoms in total. The van der Waals surface area contributed by atoms with Gasteiger partial charge in [-0.25, -0.2) is 4.79 Å². The standard InChI is InChI=1S/C15H20O2/c1-8(2)10-4-5-11-14-12(7-10)9(3)6-13(14)17-15(11)16/h9-10,12-13H,1,4-7H2,2-3H3. The summed E-state index contributed by atoms with van der Waals surface area (Å²) in [6.45, 7) is 8.52. The Kier molecular flexibility index (Phi) is 2.42. The molecule has 1 saturated carbocycles. The molecule has 0 radical (unpaired) electrons. The predicted octanol–water partition coefficient (Wildman–Crippen LogP) is 3.24. The van der Waals surface area contributed by atoms with Crippen LogP contribution in [0.3, 0.4) is 0 Å². The molecular formula is C15H20O2. The summed E-state index contributed by atoms with van der Waals surface area (Å²) in [6, 6.07) is 0. The molecule has 3 aliphatic rings. The van der Waals surface area contributed by atoms with Gasteiger partial charge in [-0.2, -0.15) is 0 Å². The van der Waals surface area contributed by atoms with Crippen LogP contribution in [0.1, 0.15) is 39.5 Å². The molecule has 0 N–H and O–H groups in total. The van der Waals surface area contributed by atoms with Crippen LogP contribution in [0.25, 0.3) is 0 Å². The van der Waals surface area contributed by atoms with Crippen molar-refractivity contribution in [2.24, 2.45) is 17.8 Å². The Morgan fingerprint density at radius 2 is 2.18 bits per heavy atom. The number of hydrogen-bond donors (Lipinski definition) is 0. The van der Waals surface area contributed by atoms with Crippen LogP contribution in [0, 0.1) is 17.8 Å². The van der Waals surface area contributed by atoms with Gasteiger partial charge in [0.25, 0.3) is 0 Å². The number of allylic oxidation sites excluding steroid dienone is 1.